The summed E-state index contributed by atoms with van der Waals surface area (Å²) in [6, 6.07) is 0. The molecule has 0 spiro atoms. The van der Waals surface area contributed by atoms with Crippen LogP contribution in [-0.4, -0.2) is 96.7 Å². The second-order valence-corrected chi connectivity index (χ2v) is 33.1. The first-order valence-corrected chi connectivity index (χ1v) is 45.5. The maximum atomic E-state index is 13.1. The summed E-state index contributed by atoms with van der Waals surface area (Å²) in [6.45, 7) is 9.65. The van der Waals surface area contributed by atoms with Crippen molar-refractivity contribution in [2.75, 3.05) is 39.6 Å². The number of phosphoric acid groups is 2. The first-order valence-electron chi connectivity index (χ1n) is 42.5. The van der Waals surface area contributed by atoms with Gasteiger partial charge >= 0.3 is 39.5 Å². The van der Waals surface area contributed by atoms with Crippen molar-refractivity contribution < 1.29 is 80.2 Å². The van der Waals surface area contributed by atoms with Crippen molar-refractivity contribution in [3.05, 3.63) is 0 Å². The van der Waals surface area contributed by atoms with Crippen LogP contribution in [-0.2, 0) is 65.4 Å². The molecule has 0 radical (unpaired) electrons. The van der Waals surface area contributed by atoms with E-state index >= 15 is 0 Å². The van der Waals surface area contributed by atoms with Crippen LogP contribution in [0.3, 0.4) is 0 Å². The molecule has 19 heteroatoms. The van der Waals surface area contributed by atoms with Gasteiger partial charge in [-0.3, -0.25) is 37.3 Å². The second-order valence-electron chi connectivity index (χ2n) is 30.2. The Hall–Kier alpha value is -1.94. The van der Waals surface area contributed by atoms with Gasteiger partial charge in [-0.05, 0) is 37.5 Å². The lowest BCUT2D eigenvalue weighted by Crippen LogP contribution is -2.30. The molecule has 0 fully saturated rings. The lowest BCUT2D eigenvalue weighted by molar-refractivity contribution is -0.161. The molecule has 101 heavy (non-hydrogen) atoms. The fraction of sp³-hybridized carbons (Fsp3) is 0.951. The molecule has 0 aromatic carbocycles. The van der Waals surface area contributed by atoms with Crippen molar-refractivity contribution in [3.63, 3.8) is 0 Å². The molecule has 0 aromatic rings. The van der Waals surface area contributed by atoms with E-state index in [2.05, 4.69) is 41.5 Å². The number of carbonyl (C=O) groups is 4. The van der Waals surface area contributed by atoms with E-state index in [4.69, 9.17) is 37.0 Å². The molecule has 0 bridgehead atoms. The number of carbonyl (C=O) groups excluding carboxylic acids is 4. The van der Waals surface area contributed by atoms with Crippen molar-refractivity contribution >= 4 is 39.5 Å². The van der Waals surface area contributed by atoms with E-state index in [0.717, 1.165) is 102 Å². The minimum Gasteiger partial charge on any atom is -0.462 e. The highest BCUT2D eigenvalue weighted by atomic mass is 31.2. The van der Waals surface area contributed by atoms with Gasteiger partial charge in [0.25, 0.3) is 0 Å². The molecule has 0 amide bonds. The van der Waals surface area contributed by atoms with E-state index < -0.39 is 97.5 Å². The van der Waals surface area contributed by atoms with E-state index in [9.17, 15) is 43.2 Å². The molecule has 0 aromatic heterocycles. The monoisotopic (exact) mass is 1480 g/mol. The van der Waals surface area contributed by atoms with Crippen molar-refractivity contribution in [2.24, 2.45) is 11.8 Å². The van der Waals surface area contributed by atoms with Gasteiger partial charge in [0, 0.05) is 25.7 Å². The number of aliphatic hydroxyl groups is 1. The molecule has 6 atom stereocenters. The molecule has 0 rings (SSSR count). The quantitative estimate of drug-likeness (QED) is 0.0222. The third-order valence-corrected chi connectivity index (χ3v) is 21.5. The number of aliphatic hydroxyl groups excluding tert-OH is 1. The van der Waals surface area contributed by atoms with Gasteiger partial charge in [-0.1, -0.05) is 382 Å². The molecule has 17 nitrogen and oxygen atoms in total. The van der Waals surface area contributed by atoms with Gasteiger partial charge < -0.3 is 33.8 Å². The van der Waals surface area contributed by atoms with Crippen LogP contribution in [0.4, 0.5) is 0 Å². The Labute approximate surface area is 619 Å². The van der Waals surface area contributed by atoms with Crippen molar-refractivity contribution in [1.82, 2.24) is 0 Å². The zero-order valence-electron chi connectivity index (χ0n) is 66.2. The summed E-state index contributed by atoms with van der Waals surface area (Å²) in [5.41, 5.74) is 0. The average Bonchev–Trinajstić information content (AvgIpc) is 0.953. The van der Waals surface area contributed by atoms with Crippen molar-refractivity contribution in [2.45, 2.75) is 452 Å². The molecule has 0 aliphatic heterocycles. The van der Waals surface area contributed by atoms with E-state index in [1.165, 1.54) is 250 Å². The molecule has 600 valence electrons. The van der Waals surface area contributed by atoms with Crippen LogP contribution in [0.1, 0.15) is 433 Å². The summed E-state index contributed by atoms with van der Waals surface area (Å²) in [5, 5.41) is 10.7. The van der Waals surface area contributed by atoms with E-state index in [-0.39, 0.29) is 25.7 Å². The minimum atomic E-state index is -4.96. The normalized spacial score (nSPS) is 14.2. The Kier molecular flexibility index (Phi) is 72.2. The van der Waals surface area contributed by atoms with E-state index in [1.807, 2.05) is 0 Å². The fourth-order valence-electron chi connectivity index (χ4n) is 12.7. The standard InChI is InChI=1S/C82H160O17P2/c1-7-10-12-14-16-18-20-22-24-25-26-27-28-29-30-32-36-41-49-55-61-67-82(87)98-77(70-92-79(84)64-58-52-46-39-37-33-34-38-44-50-56-62-74(4)5)72-96-100(88,89)94-68-76(83)69-95-101(90,91)97-73-78(71-93-80(85)65-59-53-47-43-42-45-51-57-63-75(6)9-3)99-81(86)66-60-54-48-40-35-31-23-21-19-17-15-13-11-8-2/h74-78,83H,7-73H2,1-6H3,(H,88,89)(H,90,91)/t75?,76-,77-,78-/m1/s1. The number of rotatable bonds is 81. The smallest absolute Gasteiger partial charge is 0.462 e. The number of hydrogen-bond acceptors (Lipinski definition) is 15. The predicted molar refractivity (Wildman–Crippen MR) is 414 cm³/mol. The lowest BCUT2D eigenvalue weighted by atomic mass is 9.99. The van der Waals surface area contributed by atoms with Gasteiger partial charge in [-0.25, -0.2) is 9.13 Å². The fourth-order valence-corrected chi connectivity index (χ4v) is 14.3. The number of hydrogen-bond donors (Lipinski definition) is 3. The van der Waals surface area contributed by atoms with Crippen LogP contribution in [0.2, 0.25) is 0 Å². The van der Waals surface area contributed by atoms with Crippen molar-refractivity contribution in [1.29, 1.82) is 0 Å². The van der Waals surface area contributed by atoms with Gasteiger partial charge in [0.2, 0.25) is 0 Å². The summed E-state index contributed by atoms with van der Waals surface area (Å²) < 4.78 is 68.8. The Morgan fingerprint density at radius 3 is 0.752 bits per heavy atom. The molecular weight excluding hydrogens is 1320 g/mol. The summed E-state index contributed by atoms with van der Waals surface area (Å²) in [5.74, 6) is -0.558. The van der Waals surface area contributed by atoms with Crippen LogP contribution < -0.4 is 0 Å². The van der Waals surface area contributed by atoms with Crippen LogP contribution >= 0.6 is 15.6 Å². The Balaban J connectivity index is 5.24. The van der Waals surface area contributed by atoms with Crippen LogP contribution in [0, 0.1) is 11.8 Å². The van der Waals surface area contributed by atoms with Gasteiger partial charge in [0.1, 0.15) is 19.3 Å². The summed E-state index contributed by atoms with van der Waals surface area (Å²) in [4.78, 5) is 73.1. The van der Waals surface area contributed by atoms with Gasteiger partial charge in [-0.15, -0.1) is 0 Å². The minimum absolute atomic E-state index is 0.108. The lowest BCUT2D eigenvalue weighted by Gasteiger charge is -2.21. The maximum absolute atomic E-state index is 13.1. The van der Waals surface area contributed by atoms with Gasteiger partial charge in [0.15, 0.2) is 12.2 Å². The summed E-state index contributed by atoms with van der Waals surface area (Å²) in [6.07, 6.45) is 63.8. The largest absolute Gasteiger partial charge is 0.472 e. The van der Waals surface area contributed by atoms with Crippen LogP contribution in [0.5, 0.6) is 0 Å². The predicted octanol–water partition coefficient (Wildman–Crippen LogP) is 24.7. The molecular formula is C82H160O17P2. The van der Waals surface area contributed by atoms with Crippen LogP contribution in [0.15, 0.2) is 0 Å². The molecule has 0 saturated heterocycles. The highest BCUT2D eigenvalue weighted by Crippen LogP contribution is 2.45. The Bertz CT molecular complexity index is 1940. The SMILES string of the molecule is CCCCCCCCCCCCCCCCCCCCCCCC(=O)O[C@H](COC(=O)CCCCCCCCCCCCCC(C)C)COP(=O)(O)OC[C@@H](O)COP(=O)(O)OC[C@@H](COC(=O)CCCCCCCCCCC(C)CC)OC(=O)CCCCCCCCCCCCCCCC. The zero-order chi connectivity index (χ0) is 74.2. The maximum Gasteiger partial charge on any atom is 0.472 e. The zero-order valence-corrected chi connectivity index (χ0v) is 68.0. The van der Waals surface area contributed by atoms with E-state index in [1.54, 1.807) is 0 Å². The number of phosphoric ester groups is 2. The third kappa shape index (κ3) is 74.7. The molecule has 3 N–H and O–H groups in total. The highest BCUT2D eigenvalue weighted by Gasteiger charge is 2.30. The second kappa shape index (κ2) is 73.6. The van der Waals surface area contributed by atoms with Crippen LogP contribution in [0.25, 0.3) is 0 Å². The number of unbranched alkanes of at least 4 members (excludes halogenated alkanes) is 50. The first kappa shape index (κ1) is 99.1. The summed E-state index contributed by atoms with van der Waals surface area (Å²) in [7, 11) is -9.92. The third-order valence-electron chi connectivity index (χ3n) is 19.6. The summed E-state index contributed by atoms with van der Waals surface area (Å²) >= 11 is 0. The average molecular weight is 1480 g/mol. The number of ether oxygens (including phenoxy) is 4. The van der Waals surface area contributed by atoms with E-state index in [0.29, 0.717) is 25.7 Å². The highest BCUT2D eigenvalue weighted by molar-refractivity contribution is 7.47. The topological polar surface area (TPSA) is 237 Å². The number of esters is 4. The van der Waals surface area contributed by atoms with Crippen molar-refractivity contribution in [3.8, 4) is 0 Å². The molecule has 0 heterocycles. The molecule has 0 saturated carbocycles. The Morgan fingerprint density at radius 2 is 0.505 bits per heavy atom. The van der Waals surface area contributed by atoms with Gasteiger partial charge in [-0.2, -0.15) is 0 Å². The Morgan fingerprint density at radius 1 is 0.287 bits per heavy atom. The molecule has 0 aliphatic carbocycles. The first-order chi connectivity index (χ1) is 48.9. The molecule has 3 unspecified atom stereocenters. The molecule has 0 aliphatic rings. The van der Waals surface area contributed by atoms with Gasteiger partial charge in [0.05, 0.1) is 26.4 Å².